The first-order valence-electron chi connectivity index (χ1n) is 7.79. The molecule has 3 fully saturated rings. The van der Waals surface area contributed by atoms with Crippen molar-refractivity contribution in [2.24, 2.45) is 0 Å². The van der Waals surface area contributed by atoms with Crippen LogP contribution in [0.1, 0.15) is 26.7 Å². The van der Waals surface area contributed by atoms with Crippen LogP contribution >= 0.6 is 0 Å². The van der Waals surface area contributed by atoms with Gasteiger partial charge in [0.1, 0.15) is 0 Å². The topological polar surface area (TPSA) is 49.9 Å². The molecule has 116 valence electrons. The zero-order chi connectivity index (χ0) is 14.3. The zero-order valence-corrected chi connectivity index (χ0v) is 13.3. The molecule has 20 heavy (non-hydrogen) atoms. The molecule has 0 aromatic heterocycles. The summed E-state index contributed by atoms with van der Waals surface area (Å²) in [5.74, 6) is 0.312. The number of morpholine rings is 1. The Morgan fingerprint density at radius 2 is 1.75 bits per heavy atom. The first-order valence-corrected chi connectivity index (χ1v) is 9.50. The highest BCUT2D eigenvalue weighted by Crippen LogP contribution is 2.26. The molecule has 0 aliphatic carbocycles. The minimum absolute atomic E-state index is 0.131. The van der Waals surface area contributed by atoms with Gasteiger partial charge in [-0.05, 0) is 26.7 Å². The quantitative estimate of drug-likeness (QED) is 0.753. The third-order valence-corrected chi connectivity index (χ3v) is 7.59. The monoisotopic (exact) mass is 302 g/mol. The molecule has 0 radical (unpaired) electrons. The fourth-order valence-electron chi connectivity index (χ4n) is 3.70. The second-order valence-corrected chi connectivity index (χ2v) is 9.04. The molecule has 3 aliphatic heterocycles. The van der Waals surface area contributed by atoms with E-state index < -0.39 is 9.84 Å². The second-order valence-electron chi connectivity index (χ2n) is 6.57. The number of ether oxygens (including phenoxy) is 1. The molecule has 3 aliphatic rings. The lowest BCUT2D eigenvalue weighted by atomic mass is 10.2. The van der Waals surface area contributed by atoms with Crippen molar-refractivity contribution in [3.63, 3.8) is 0 Å². The van der Waals surface area contributed by atoms with Crippen molar-refractivity contribution >= 4 is 9.84 Å². The summed E-state index contributed by atoms with van der Waals surface area (Å²) in [5.41, 5.74) is 0. The number of hydrogen-bond donors (Lipinski definition) is 0. The van der Waals surface area contributed by atoms with Gasteiger partial charge < -0.3 is 4.74 Å². The van der Waals surface area contributed by atoms with E-state index in [1.165, 1.54) is 12.8 Å². The maximum Gasteiger partial charge on any atom is 0.155 e. The molecule has 3 rings (SSSR count). The van der Waals surface area contributed by atoms with Crippen molar-refractivity contribution in [3.8, 4) is 0 Å². The average molecular weight is 302 g/mol. The van der Waals surface area contributed by atoms with Crippen molar-refractivity contribution in [3.05, 3.63) is 0 Å². The fourth-order valence-corrected chi connectivity index (χ4v) is 5.33. The molecule has 3 heterocycles. The minimum Gasteiger partial charge on any atom is -0.372 e. The van der Waals surface area contributed by atoms with Crippen LogP contribution in [0.3, 0.4) is 0 Å². The van der Waals surface area contributed by atoms with Crippen LogP contribution in [0.4, 0.5) is 0 Å². The third kappa shape index (κ3) is 2.89. The lowest BCUT2D eigenvalue weighted by molar-refractivity contribution is -0.0409. The number of likely N-dealkylation sites (tertiary alicyclic amines) is 1. The standard InChI is InChI=1S/C14H26N2O3S/c1-11-12(2)20(17,18)8-7-16(11)6-5-15-9-13-3-4-14(10-15)19-13/h11-14H,3-10H2,1-2H3. The van der Waals surface area contributed by atoms with Crippen molar-refractivity contribution in [2.45, 2.75) is 50.2 Å². The van der Waals surface area contributed by atoms with Gasteiger partial charge in [-0.2, -0.15) is 0 Å². The molecule has 4 unspecified atom stereocenters. The van der Waals surface area contributed by atoms with Gasteiger partial charge in [-0.15, -0.1) is 0 Å². The Morgan fingerprint density at radius 1 is 1.10 bits per heavy atom. The average Bonchev–Trinajstić information content (AvgIpc) is 2.75. The lowest BCUT2D eigenvalue weighted by Crippen LogP contribution is -2.54. The maximum atomic E-state index is 11.9. The first-order chi connectivity index (χ1) is 9.45. The van der Waals surface area contributed by atoms with Crippen LogP contribution in [0.5, 0.6) is 0 Å². The van der Waals surface area contributed by atoms with E-state index in [0.29, 0.717) is 24.5 Å². The van der Waals surface area contributed by atoms with Crippen molar-refractivity contribution in [1.29, 1.82) is 0 Å². The summed E-state index contributed by atoms with van der Waals surface area (Å²) in [6, 6.07) is 0.131. The van der Waals surface area contributed by atoms with E-state index >= 15 is 0 Å². The van der Waals surface area contributed by atoms with Crippen LogP contribution in [0.25, 0.3) is 0 Å². The maximum absolute atomic E-state index is 11.9. The smallest absolute Gasteiger partial charge is 0.155 e. The van der Waals surface area contributed by atoms with E-state index in [-0.39, 0.29) is 11.3 Å². The van der Waals surface area contributed by atoms with Crippen LogP contribution in [0, 0.1) is 0 Å². The fraction of sp³-hybridized carbons (Fsp3) is 1.00. The highest BCUT2D eigenvalue weighted by atomic mass is 32.2. The van der Waals surface area contributed by atoms with E-state index in [2.05, 4.69) is 9.80 Å². The van der Waals surface area contributed by atoms with Gasteiger partial charge in [-0.3, -0.25) is 9.80 Å². The predicted molar refractivity (Wildman–Crippen MR) is 78.6 cm³/mol. The van der Waals surface area contributed by atoms with Gasteiger partial charge >= 0.3 is 0 Å². The molecule has 0 aromatic carbocycles. The highest BCUT2D eigenvalue weighted by Gasteiger charge is 2.37. The Morgan fingerprint density at radius 3 is 2.40 bits per heavy atom. The number of fused-ring (bicyclic) bond motifs is 2. The van der Waals surface area contributed by atoms with Gasteiger partial charge in [0.2, 0.25) is 0 Å². The SMILES string of the molecule is CC1C(C)S(=O)(=O)CCN1CCN1CC2CCC(C1)O2. The van der Waals surface area contributed by atoms with E-state index in [9.17, 15) is 8.42 Å². The summed E-state index contributed by atoms with van der Waals surface area (Å²) in [7, 11) is -2.87. The van der Waals surface area contributed by atoms with E-state index in [1.807, 2.05) is 13.8 Å². The van der Waals surface area contributed by atoms with Gasteiger partial charge in [0, 0.05) is 38.8 Å². The van der Waals surface area contributed by atoms with Gasteiger partial charge in [-0.25, -0.2) is 8.42 Å². The predicted octanol–water partition coefficient (Wildman–Crippen LogP) is 0.357. The van der Waals surface area contributed by atoms with Gasteiger partial charge in [-0.1, -0.05) is 0 Å². The Hall–Kier alpha value is -0.170. The summed E-state index contributed by atoms with van der Waals surface area (Å²) in [4.78, 5) is 4.83. The largest absolute Gasteiger partial charge is 0.372 e. The summed E-state index contributed by atoms with van der Waals surface area (Å²) < 4.78 is 29.6. The Kier molecular flexibility index (Phi) is 4.10. The molecular weight excluding hydrogens is 276 g/mol. The van der Waals surface area contributed by atoms with Gasteiger partial charge in [0.15, 0.2) is 9.84 Å². The highest BCUT2D eigenvalue weighted by molar-refractivity contribution is 7.92. The van der Waals surface area contributed by atoms with Crippen LogP contribution in [-0.4, -0.2) is 80.2 Å². The van der Waals surface area contributed by atoms with Crippen LogP contribution in [-0.2, 0) is 14.6 Å². The van der Waals surface area contributed by atoms with Crippen LogP contribution in [0.15, 0.2) is 0 Å². The van der Waals surface area contributed by atoms with E-state index in [1.54, 1.807) is 0 Å². The molecule has 4 atom stereocenters. The van der Waals surface area contributed by atoms with Gasteiger partial charge in [0.25, 0.3) is 0 Å². The van der Waals surface area contributed by atoms with Crippen LogP contribution < -0.4 is 0 Å². The molecule has 0 N–H and O–H groups in total. The van der Waals surface area contributed by atoms with E-state index in [0.717, 1.165) is 26.2 Å². The summed E-state index contributed by atoms with van der Waals surface area (Å²) in [5, 5.41) is -0.239. The van der Waals surface area contributed by atoms with Crippen molar-refractivity contribution in [2.75, 3.05) is 38.5 Å². The number of hydrogen-bond acceptors (Lipinski definition) is 5. The Labute approximate surface area is 122 Å². The second kappa shape index (κ2) is 5.55. The molecule has 0 aromatic rings. The Bertz CT molecular complexity index is 441. The minimum atomic E-state index is -2.87. The number of nitrogens with zero attached hydrogens (tertiary/aromatic N) is 2. The molecule has 0 spiro atoms. The normalized spacial score (nSPS) is 41.9. The summed E-state index contributed by atoms with van der Waals surface area (Å²) >= 11 is 0. The molecule has 0 saturated carbocycles. The zero-order valence-electron chi connectivity index (χ0n) is 12.5. The summed E-state index contributed by atoms with van der Waals surface area (Å²) in [6.07, 6.45) is 3.28. The van der Waals surface area contributed by atoms with Crippen LogP contribution in [0.2, 0.25) is 0 Å². The number of sulfone groups is 1. The molecule has 5 nitrogen and oxygen atoms in total. The molecule has 3 saturated heterocycles. The molecule has 0 amide bonds. The van der Waals surface area contributed by atoms with Crippen molar-refractivity contribution in [1.82, 2.24) is 9.80 Å². The molecular formula is C14H26N2O3S. The lowest BCUT2D eigenvalue weighted by Gasteiger charge is -2.39. The van der Waals surface area contributed by atoms with Gasteiger partial charge in [0.05, 0.1) is 23.2 Å². The molecule has 6 heteroatoms. The Balaban J connectivity index is 1.51. The first kappa shape index (κ1) is 14.8. The third-order valence-electron chi connectivity index (χ3n) is 5.31. The summed E-state index contributed by atoms with van der Waals surface area (Å²) in [6.45, 7) is 8.68. The number of rotatable bonds is 3. The van der Waals surface area contributed by atoms with E-state index in [4.69, 9.17) is 4.74 Å². The molecule has 2 bridgehead atoms. The van der Waals surface area contributed by atoms with Crippen molar-refractivity contribution < 1.29 is 13.2 Å².